The molecule has 1 aromatic carbocycles. The predicted molar refractivity (Wildman–Crippen MR) is 58.1 cm³/mol. The van der Waals surface area contributed by atoms with Gasteiger partial charge in [-0.2, -0.15) is 0 Å². The molecule has 94 valence electrons. The minimum atomic E-state index is -1.63. The predicted octanol–water partition coefficient (Wildman–Crippen LogP) is 1.45. The van der Waals surface area contributed by atoms with Crippen molar-refractivity contribution in [3.63, 3.8) is 0 Å². The van der Waals surface area contributed by atoms with Crippen LogP contribution in [0.2, 0.25) is 0 Å². The van der Waals surface area contributed by atoms with E-state index in [2.05, 4.69) is 15.9 Å². The summed E-state index contributed by atoms with van der Waals surface area (Å²) in [5.74, 6) is -3.87. The van der Waals surface area contributed by atoms with Crippen LogP contribution in [-0.2, 0) is 0 Å². The van der Waals surface area contributed by atoms with E-state index in [0.29, 0.717) is 12.1 Å². The number of alkyl halides is 1. The molecule has 2 atom stereocenters. The highest BCUT2D eigenvalue weighted by atomic mass is 79.9. The summed E-state index contributed by atoms with van der Waals surface area (Å²) >= 11 is 2.87. The molecular formula is C10H9BrF2O4. The number of hydrogen-bond acceptors (Lipinski definition) is 3. The highest BCUT2D eigenvalue weighted by Gasteiger charge is 2.24. The Morgan fingerprint density at radius 3 is 2.35 bits per heavy atom. The molecule has 1 rings (SSSR count). The van der Waals surface area contributed by atoms with Crippen LogP contribution in [0.4, 0.5) is 8.78 Å². The van der Waals surface area contributed by atoms with Gasteiger partial charge < -0.3 is 15.3 Å². The molecule has 0 saturated carbocycles. The lowest BCUT2D eigenvalue weighted by atomic mass is 10.0. The van der Waals surface area contributed by atoms with Crippen LogP contribution in [0.5, 0.6) is 0 Å². The van der Waals surface area contributed by atoms with Gasteiger partial charge in [0.15, 0.2) is 0 Å². The SMILES string of the molecule is O=C(O)c1cc(F)c(C(O)C(O)CBr)cc1F. The van der Waals surface area contributed by atoms with Crippen molar-refractivity contribution in [2.45, 2.75) is 12.2 Å². The fraction of sp³-hybridized carbons (Fsp3) is 0.300. The fourth-order valence-electron chi connectivity index (χ4n) is 1.24. The molecule has 17 heavy (non-hydrogen) atoms. The van der Waals surface area contributed by atoms with Crippen LogP contribution in [-0.4, -0.2) is 32.7 Å². The number of hydrogen-bond donors (Lipinski definition) is 3. The molecule has 7 heteroatoms. The van der Waals surface area contributed by atoms with Gasteiger partial charge in [-0.1, -0.05) is 15.9 Å². The topological polar surface area (TPSA) is 77.8 Å². The van der Waals surface area contributed by atoms with Gasteiger partial charge in [0.05, 0.1) is 11.7 Å². The maximum atomic E-state index is 13.4. The molecule has 2 unspecified atom stereocenters. The van der Waals surface area contributed by atoms with Gasteiger partial charge in [-0.15, -0.1) is 0 Å². The van der Waals surface area contributed by atoms with Crippen LogP contribution in [0.15, 0.2) is 12.1 Å². The largest absolute Gasteiger partial charge is 0.478 e. The minimum absolute atomic E-state index is 0.0318. The lowest BCUT2D eigenvalue weighted by Crippen LogP contribution is -2.21. The third-order valence-corrected chi connectivity index (χ3v) is 2.82. The molecule has 0 fully saturated rings. The average Bonchev–Trinajstić information content (AvgIpc) is 2.29. The van der Waals surface area contributed by atoms with E-state index < -0.39 is 40.9 Å². The summed E-state index contributed by atoms with van der Waals surface area (Å²) in [5.41, 5.74) is -1.31. The van der Waals surface area contributed by atoms with Crippen LogP contribution in [0, 0.1) is 11.6 Å². The molecule has 0 aliphatic rings. The Hall–Kier alpha value is -1.05. The summed E-state index contributed by atoms with van der Waals surface area (Å²) in [7, 11) is 0. The first kappa shape index (κ1) is 14.0. The average molecular weight is 311 g/mol. The Morgan fingerprint density at radius 2 is 1.88 bits per heavy atom. The van der Waals surface area contributed by atoms with Crippen molar-refractivity contribution in [2.24, 2.45) is 0 Å². The van der Waals surface area contributed by atoms with Gasteiger partial charge >= 0.3 is 5.97 Å². The van der Waals surface area contributed by atoms with Crippen LogP contribution >= 0.6 is 15.9 Å². The molecule has 4 nitrogen and oxygen atoms in total. The third kappa shape index (κ3) is 2.99. The molecule has 0 saturated heterocycles. The second kappa shape index (κ2) is 5.52. The van der Waals surface area contributed by atoms with E-state index in [9.17, 15) is 23.8 Å². The summed E-state index contributed by atoms with van der Waals surface area (Å²) in [6, 6.07) is 1.03. The quantitative estimate of drug-likeness (QED) is 0.736. The maximum Gasteiger partial charge on any atom is 0.338 e. The van der Waals surface area contributed by atoms with Crippen LogP contribution in [0.3, 0.4) is 0 Å². The smallest absolute Gasteiger partial charge is 0.338 e. The first-order valence-electron chi connectivity index (χ1n) is 4.52. The number of aromatic carboxylic acids is 1. The molecule has 0 aliphatic heterocycles. The standard InChI is InChI=1S/C10H9BrF2O4/c11-3-8(14)9(15)4-1-7(13)5(10(16)17)2-6(4)12/h1-2,8-9,14-15H,3H2,(H,16,17). The number of aliphatic hydroxyl groups is 2. The van der Waals surface area contributed by atoms with Crippen molar-refractivity contribution in [2.75, 3.05) is 5.33 Å². The maximum absolute atomic E-state index is 13.4. The Bertz CT molecular complexity index is 439. The van der Waals surface area contributed by atoms with Crippen molar-refractivity contribution in [1.82, 2.24) is 0 Å². The molecule has 0 radical (unpaired) electrons. The molecule has 0 spiro atoms. The number of carboxylic acids is 1. The van der Waals surface area contributed by atoms with Crippen molar-refractivity contribution in [1.29, 1.82) is 0 Å². The Kier molecular flexibility index (Phi) is 4.55. The van der Waals surface area contributed by atoms with Crippen molar-refractivity contribution in [3.05, 3.63) is 34.9 Å². The van der Waals surface area contributed by atoms with Gasteiger partial charge in [0.2, 0.25) is 0 Å². The second-order valence-electron chi connectivity index (χ2n) is 3.33. The van der Waals surface area contributed by atoms with E-state index in [0.717, 1.165) is 0 Å². The van der Waals surface area contributed by atoms with Gasteiger partial charge in [0, 0.05) is 10.9 Å². The molecule has 0 aromatic heterocycles. The summed E-state index contributed by atoms with van der Waals surface area (Å²) in [5, 5.41) is 27.3. The van der Waals surface area contributed by atoms with Crippen molar-refractivity contribution in [3.8, 4) is 0 Å². The molecule has 3 N–H and O–H groups in total. The number of carboxylic acid groups (broad SMARTS) is 1. The number of benzene rings is 1. The molecule has 0 amide bonds. The number of aliphatic hydroxyl groups excluding tert-OH is 2. The first-order chi connectivity index (χ1) is 7.88. The minimum Gasteiger partial charge on any atom is -0.478 e. The molecular weight excluding hydrogens is 302 g/mol. The van der Waals surface area contributed by atoms with E-state index in [-0.39, 0.29) is 5.33 Å². The summed E-state index contributed by atoms with van der Waals surface area (Å²) in [6.07, 6.45) is -2.95. The van der Waals surface area contributed by atoms with Crippen LogP contribution in [0.1, 0.15) is 22.0 Å². The highest BCUT2D eigenvalue weighted by Crippen LogP contribution is 2.24. The Labute approximate surface area is 104 Å². The van der Waals surface area contributed by atoms with Crippen LogP contribution in [0.25, 0.3) is 0 Å². The van der Waals surface area contributed by atoms with E-state index in [1.807, 2.05) is 0 Å². The summed E-state index contributed by atoms with van der Waals surface area (Å²) in [4.78, 5) is 10.5. The van der Waals surface area contributed by atoms with E-state index >= 15 is 0 Å². The molecule has 0 bridgehead atoms. The van der Waals surface area contributed by atoms with Crippen molar-refractivity contribution >= 4 is 21.9 Å². The van der Waals surface area contributed by atoms with Gasteiger partial charge in [-0.05, 0) is 12.1 Å². The fourth-order valence-corrected chi connectivity index (χ4v) is 1.60. The zero-order chi connectivity index (χ0) is 13.2. The summed E-state index contributed by atoms with van der Waals surface area (Å²) < 4.78 is 26.7. The monoisotopic (exact) mass is 310 g/mol. The third-order valence-electron chi connectivity index (χ3n) is 2.16. The molecule has 0 heterocycles. The van der Waals surface area contributed by atoms with E-state index in [1.54, 1.807) is 0 Å². The normalized spacial score (nSPS) is 14.4. The number of rotatable bonds is 4. The number of halogens is 3. The lowest BCUT2D eigenvalue weighted by molar-refractivity contribution is 0.0317. The second-order valence-corrected chi connectivity index (χ2v) is 3.97. The molecule has 0 aliphatic carbocycles. The first-order valence-corrected chi connectivity index (χ1v) is 5.65. The van der Waals surface area contributed by atoms with Gasteiger partial charge in [0.25, 0.3) is 0 Å². The van der Waals surface area contributed by atoms with Crippen molar-refractivity contribution < 1.29 is 28.9 Å². The zero-order valence-corrected chi connectivity index (χ0v) is 9.99. The lowest BCUT2D eigenvalue weighted by Gasteiger charge is -2.17. The van der Waals surface area contributed by atoms with E-state index in [4.69, 9.17) is 5.11 Å². The van der Waals surface area contributed by atoms with Gasteiger partial charge in [-0.25, -0.2) is 13.6 Å². The Morgan fingerprint density at radius 1 is 1.29 bits per heavy atom. The van der Waals surface area contributed by atoms with E-state index in [1.165, 1.54) is 0 Å². The molecule has 1 aromatic rings. The number of carbonyl (C=O) groups is 1. The van der Waals surface area contributed by atoms with Crippen LogP contribution < -0.4 is 0 Å². The summed E-state index contributed by atoms with van der Waals surface area (Å²) in [6.45, 7) is 0. The van der Waals surface area contributed by atoms with Gasteiger partial charge in [0.1, 0.15) is 17.7 Å². The highest BCUT2D eigenvalue weighted by molar-refractivity contribution is 9.09. The van der Waals surface area contributed by atoms with Gasteiger partial charge in [-0.3, -0.25) is 0 Å². The zero-order valence-electron chi connectivity index (χ0n) is 8.40. The Balaban J connectivity index is 3.20.